The zero-order chi connectivity index (χ0) is 14.3. The van der Waals surface area contributed by atoms with Gasteiger partial charge in [0.25, 0.3) is 5.91 Å². The molecule has 8 heteroatoms. The van der Waals surface area contributed by atoms with E-state index < -0.39 is 0 Å². The fourth-order valence-electron chi connectivity index (χ4n) is 2.33. The predicted octanol–water partition coefficient (Wildman–Crippen LogP) is 2.35. The number of fused-ring (bicyclic) bond motifs is 1. The molecule has 2 aliphatic rings. The van der Waals surface area contributed by atoms with Gasteiger partial charge in [0.15, 0.2) is 4.74 Å². The van der Waals surface area contributed by atoms with E-state index in [2.05, 4.69) is 31.4 Å². The van der Waals surface area contributed by atoms with Crippen molar-refractivity contribution in [3.05, 3.63) is 33.8 Å². The van der Waals surface area contributed by atoms with Gasteiger partial charge in [-0.05, 0) is 28.1 Å². The average molecular weight is 378 g/mol. The summed E-state index contributed by atoms with van der Waals surface area (Å²) >= 11 is 15.4. The highest BCUT2D eigenvalue weighted by Crippen LogP contribution is 2.27. The molecule has 1 amide bonds. The Morgan fingerprint density at radius 1 is 1.40 bits per heavy atom. The van der Waals surface area contributed by atoms with E-state index in [9.17, 15) is 4.79 Å². The number of piperazine rings is 1. The Morgan fingerprint density at radius 2 is 2.20 bits per heavy atom. The van der Waals surface area contributed by atoms with Gasteiger partial charge >= 0.3 is 0 Å². The molecule has 1 aromatic carbocycles. The maximum Gasteiger partial charge on any atom is 0.255 e. The van der Waals surface area contributed by atoms with Crippen LogP contribution in [0, 0.1) is 0 Å². The number of carbonyl (C=O) groups is 1. The molecular weight excluding hydrogens is 367 g/mol. The average Bonchev–Trinajstić information content (AvgIpc) is 2.82. The number of hydrogen-bond donors (Lipinski definition) is 1. The molecule has 20 heavy (non-hydrogen) atoms. The van der Waals surface area contributed by atoms with Crippen molar-refractivity contribution < 1.29 is 4.79 Å². The van der Waals surface area contributed by atoms with Crippen molar-refractivity contribution in [3.63, 3.8) is 0 Å². The minimum atomic E-state index is -0.109. The lowest BCUT2D eigenvalue weighted by atomic mass is 10.1. The maximum atomic E-state index is 12.5. The lowest BCUT2D eigenvalue weighted by molar-refractivity contribution is 0.0609. The number of carbonyl (C=O) groups excluding carboxylic acids is 1. The quantitative estimate of drug-likeness (QED) is 0.764. The second-order valence-electron chi connectivity index (χ2n) is 4.57. The van der Waals surface area contributed by atoms with Crippen molar-refractivity contribution >= 4 is 49.8 Å². The van der Waals surface area contributed by atoms with E-state index >= 15 is 0 Å². The smallest absolute Gasteiger partial charge is 0.255 e. The second kappa shape index (κ2) is 5.42. The summed E-state index contributed by atoms with van der Waals surface area (Å²) in [5.74, 6) is -0.109. The Morgan fingerprint density at radius 3 is 3.00 bits per heavy atom. The van der Waals surface area contributed by atoms with Crippen LogP contribution in [0.4, 0.5) is 0 Å². The van der Waals surface area contributed by atoms with Gasteiger partial charge in [-0.25, -0.2) is 0 Å². The molecule has 1 fully saturated rings. The molecule has 0 aliphatic carbocycles. The molecule has 106 valence electrons. The Bertz CT molecular complexity index is 595. The summed E-state index contributed by atoms with van der Waals surface area (Å²) in [6, 6.07) is 5.09. The highest BCUT2D eigenvalue weighted by Gasteiger charge is 2.34. The van der Waals surface area contributed by atoms with Crippen LogP contribution in [-0.2, 0) is 0 Å². The summed E-state index contributed by atoms with van der Waals surface area (Å²) in [4.78, 5) is 16.4. The minimum Gasteiger partial charge on any atom is -0.333 e. The van der Waals surface area contributed by atoms with Crippen LogP contribution < -0.4 is 5.43 Å². The molecule has 1 N–H and O–H groups in total. The van der Waals surface area contributed by atoms with Crippen LogP contribution in [0.25, 0.3) is 0 Å². The molecule has 0 saturated carbocycles. The number of amides is 1. The van der Waals surface area contributed by atoms with Gasteiger partial charge in [0.1, 0.15) is 6.17 Å². The van der Waals surface area contributed by atoms with Crippen LogP contribution in [0.5, 0.6) is 0 Å². The second-order valence-corrected chi connectivity index (χ2v) is 6.07. The molecule has 0 bridgehead atoms. The van der Waals surface area contributed by atoms with Crippen LogP contribution in [0.1, 0.15) is 10.4 Å². The SMILES string of the molecule is O=C(c1cccc(Cl)c1Cl)N1CCN2C(Br)=NNC2C1. The molecule has 2 heterocycles. The fraction of sp³-hybridized carbons (Fsp3) is 0.333. The lowest BCUT2D eigenvalue weighted by Crippen LogP contribution is -2.56. The zero-order valence-corrected chi connectivity index (χ0v) is 13.4. The lowest BCUT2D eigenvalue weighted by Gasteiger charge is -2.37. The standard InChI is InChI=1S/C12H11BrCl2N4O/c13-12-17-16-9-6-18(4-5-19(9)12)11(20)7-2-1-3-8(14)10(7)15/h1-3,9,16H,4-6H2. The van der Waals surface area contributed by atoms with Gasteiger partial charge in [0.2, 0.25) is 0 Å². The molecule has 3 rings (SSSR count). The van der Waals surface area contributed by atoms with E-state index in [1.165, 1.54) is 0 Å². The molecule has 1 aromatic rings. The van der Waals surface area contributed by atoms with Crippen molar-refractivity contribution in [1.29, 1.82) is 0 Å². The van der Waals surface area contributed by atoms with Gasteiger partial charge in [0.05, 0.1) is 22.2 Å². The van der Waals surface area contributed by atoms with E-state index in [1.54, 1.807) is 23.1 Å². The third kappa shape index (κ3) is 2.36. The number of benzene rings is 1. The summed E-state index contributed by atoms with van der Waals surface area (Å²) in [5.41, 5.74) is 3.42. The van der Waals surface area contributed by atoms with Crippen molar-refractivity contribution in [3.8, 4) is 0 Å². The van der Waals surface area contributed by atoms with Crippen molar-refractivity contribution in [2.75, 3.05) is 19.6 Å². The van der Waals surface area contributed by atoms with Gasteiger partial charge in [0, 0.05) is 13.1 Å². The fourth-order valence-corrected chi connectivity index (χ4v) is 3.24. The van der Waals surface area contributed by atoms with Gasteiger partial charge < -0.3 is 9.80 Å². The summed E-state index contributed by atoms with van der Waals surface area (Å²) in [6.45, 7) is 1.87. The minimum absolute atomic E-state index is 0.0000321. The molecule has 1 saturated heterocycles. The van der Waals surface area contributed by atoms with Gasteiger partial charge in [-0.3, -0.25) is 10.2 Å². The van der Waals surface area contributed by atoms with Crippen LogP contribution in [0.3, 0.4) is 0 Å². The van der Waals surface area contributed by atoms with Crippen LogP contribution >= 0.6 is 39.1 Å². The number of amidine groups is 1. The van der Waals surface area contributed by atoms with Gasteiger partial charge in [-0.2, -0.15) is 5.10 Å². The summed E-state index contributed by atoms with van der Waals surface area (Å²) in [5, 5.41) is 4.80. The molecule has 0 radical (unpaired) electrons. The molecule has 2 aliphatic heterocycles. The van der Waals surface area contributed by atoms with E-state index in [0.717, 1.165) is 4.74 Å². The first kappa shape index (κ1) is 14.0. The predicted molar refractivity (Wildman–Crippen MR) is 82.4 cm³/mol. The van der Waals surface area contributed by atoms with Crippen molar-refractivity contribution in [1.82, 2.24) is 15.2 Å². The summed E-state index contributed by atoms with van der Waals surface area (Å²) in [6.07, 6.45) is 0.0000321. The molecule has 1 unspecified atom stereocenters. The molecular formula is C12H11BrCl2N4O. The number of nitrogens with one attached hydrogen (secondary N) is 1. The first-order valence-electron chi connectivity index (χ1n) is 6.06. The number of hydrazone groups is 1. The molecule has 1 atom stereocenters. The highest BCUT2D eigenvalue weighted by atomic mass is 79.9. The summed E-state index contributed by atoms with van der Waals surface area (Å²) < 4.78 is 0.774. The van der Waals surface area contributed by atoms with E-state index in [1.807, 2.05) is 0 Å². The van der Waals surface area contributed by atoms with E-state index in [0.29, 0.717) is 35.2 Å². The number of hydrogen-bond acceptors (Lipinski definition) is 4. The third-order valence-corrected chi connectivity index (χ3v) is 4.84. The Balaban J connectivity index is 1.78. The number of halogens is 3. The molecule has 0 aromatic heterocycles. The first-order valence-corrected chi connectivity index (χ1v) is 7.61. The van der Waals surface area contributed by atoms with Crippen molar-refractivity contribution in [2.24, 2.45) is 5.10 Å². The Labute approximate surface area is 134 Å². The normalized spacial score (nSPS) is 21.4. The van der Waals surface area contributed by atoms with Crippen molar-refractivity contribution in [2.45, 2.75) is 6.17 Å². The number of nitrogens with zero attached hydrogens (tertiary/aromatic N) is 3. The van der Waals surface area contributed by atoms with Gasteiger partial charge in [-0.15, -0.1) is 0 Å². The van der Waals surface area contributed by atoms with E-state index in [4.69, 9.17) is 23.2 Å². The summed E-state index contributed by atoms with van der Waals surface area (Å²) in [7, 11) is 0. The molecule has 0 spiro atoms. The van der Waals surface area contributed by atoms with E-state index in [-0.39, 0.29) is 12.1 Å². The largest absolute Gasteiger partial charge is 0.333 e. The van der Waals surface area contributed by atoms with Crippen LogP contribution in [0.2, 0.25) is 10.0 Å². The topological polar surface area (TPSA) is 47.9 Å². The van der Waals surface area contributed by atoms with Gasteiger partial charge in [-0.1, -0.05) is 29.3 Å². The zero-order valence-electron chi connectivity index (χ0n) is 10.3. The Hall–Kier alpha value is -0.980. The highest BCUT2D eigenvalue weighted by molar-refractivity contribution is 9.18. The van der Waals surface area contributed by atoms with Crippen LogP contribution in [-0.4, -0.2) is 46.3 Å². The monoisotopic (exact) mass is 376 g/mol. The first-order chi connectivity index (χ1) is 9.58. The number of rotatable bonds is 1. The third-order valence-electron chi connectivity index (χ3n) is 3.39. The Kier molecular flexibility index (Phi) is 3.79. The maximum absolute atomic E-state index is 12.5. The molecule has 5 nitrogen and oxygen atoms in total. The van der Waals surface area contributed by atoms with Crippen LogP contribution in [0.15, 0.2) is 23.3 Å².